The summed E-state index contributed by atoms with van der Waals surface area (Å²) < 4.78 is 0. The van der Waals surface area contributed by atoms with Crippen LogP contribution in [0.3, 0.4) is 0 Å². The Hall–Kier alpha value is -0.0400. The molecule has 1 N–H and O–H groups in total. The van der Waals surface area contributed by atoms with Gasteiger partial charge in [-0.05, 0) is 13.0 Å². The third-order valence-corrected chi connectivity index (χ3v) is 1.08. The Kier molecular flexibility index (Phi) is 14.8. The normalized spacial score (nSPS) is 9.00. The Labute approximate surface area is 66.2 Å². The van der Waals surface area contributed by atoms with Gasteiger partial charge in [-0.2, -0.15) is 0 Å². The van der Waals surface area contributed by atoms with Crippen molar-refractivity contribution < 1.29 is 0 Å². The number of hydrogen-bond acceptors (Lipinski definition) is 1. The van der Waals surface area contributed by atoms with Gasteiger partial charge in [-0.25, -0.2) is 0 Å². The molecule has 0 amide bonds. The van der Waals surface area contributed by atoms with Crippen LogP contribution in [0.1, 0.15) is 47.5 Å². The maximum atomic E-state index is 3.35. The van der Waals surface area contributed by atoms with Crippen molar-refractivity contribution in [2.24, 2.45) is 0 Å². The second-order valence-corrected chi connectivity index (χ2v) is 2.46. The quantitative estimate of drug-likeness (QED) is 0.600. The van der Waals surface area contributed by atoms with Crippen LogP contribution in [0.4, 0.5) is 0 Å². The zero-order valence-electron chi connectivity index (χ0n) is 8.20. The van der Waals surface area contributed by atoms with E-state index in [1.165, 1.54) is 19.4 Å². The number of rotatable bonds is 4. The lowest BCUT2D eigenvalue weighted by atomic mass is 10.3. The third-order valence-electron chi connectivity index (χ3n) is 1.08. The minimum absolute atomic E-state index is 0.654. The molecule has 1 heteroatoms. The first-order chi connectivity index (χ1) is 4.77. The van der Waals surface area contributed by atoms with E-state index in [4.69, 9.17) is 0 Å². The van der Waals surface area contributed by atoms with Crippen molar-refractivity contribution in [3.8, 4) is 0 Å². The molecule has 10 heavy (non-hydrogen) atoms. The van der Waals surface area contributed by atoms with Gasteiger partial charge in [0.2, 0.25) is 0 Å². The molecular weight excluding hydrogens is 122 g/mol. The molecule has 0 heterocycles. The average Bonchev–Trinajstić information content (AvgIpc) is 1.92. The Bertz CT molecular complexity index is 42.0. The largest absolute Gasteiger partial charge is 0.315 e. The molecule has 0 aromatic carbocycles. The highest BCUT2D eigenvalue weighted by Crippen LogP contribution is 1.83. The Morgan fingerprint density at radius 2 is 1.70 bits per heavy atom. The summed E-state index contributed by atoms with van der Waals surface area (Å²) in [6, 6.07) is 0.654. The molecule has 0 radical (unpaired) electrons. The first kappa shape index (κ1) is 12.6. The number of hydrogen-bond donors (Lipinski definition) is 1. The van der Waals surface area contributed by atoms with Gasteiger partial charge in [-0.15, -0.1) is 0 Å². The van der Waals surface area contributed by atoms with Crippen LogP contribution in [0, 0.1) is 0 Å². The van der Waals surface area contributed by atoms with Crippen molar-refractivity contribution in [2.45, 2.75) is 53.5 Å². The molecule has 0 unspecified atom stereocenters. The topological polar surface area (TPSA) is 12.0 Å². The summed E-state index contributed by atoms with van der Waals surface area (Å²) >= 11 is 0. The van der Waals surface area contributed by atoms with E-state index in [-0.39, 0.29) is 0 Å². The van der Waals surface area contributed by atoms with Gasteiger partial charge in [0.25, 0.3) is 0 Å². The molecule has 0 saturated heterocycles. The molecule has 0 bridgehead atoms. The van der Waals surface area contributed by atoms with Crippen LogP contribution in [0.15, 0.2) is 0 Å². The van der Waals surface area contributed by atoms with Gasteiger partial charge in [-0.3, -0.25) is 0 Å². The average molecular weight is 145 g/mol. The molecule has 0 saturated carbocycles. The summed E-state index contributed by atoms with van der Waals surface area (Å²) in [4.78, 5) is 0. The second-order valence-electron chi connectivity index (χ2n) is 2.46. The van der Waals surface area contributed by atoms with Gasteiger partial charge in [-0.1, -0.05) is 41.0 Å². The fraction of sp³-hybridized carbons (Fsp3) is 1.00. The monoisotopic (exact) mass is 145 g/mol. The highest BCUT2D eigenvalue weighted by atomic mass is 14.9. The molecular formula is C9H23N. The predicted octanol–water partition coefficient (Wildman–Crippen LogP) is 2.81. The zero-order chi connectivity index (χ0) is 8.41. The van der Waals surface area contributed by atoms with E-state index in [2.05, 4.69) is 26.1 Å². The summed E-state index contributed by atoms with van der Waals surface area (Å²) in [5, 5.41) is 3.35. The molecule has 0 spiro atoms. The summed E-state index contributed by atoms with van der Waals surface area (Å²) in [7, 11) is 0. The van der Waals surface area contributed by atoms with E-state index >= 15 is 0 Å². The number of nitrogens with one attached hydrogen (secondary N) is 1. The van der Waals surface area contributed by atoms with Crippen LogP contribution in [0.5, 0.6) is 0 Å². The van der Waals surface area contributed by atoms with Crippen molar-refractivity contribution in [1.82, 2.24) is 5.32 Å². The molecule has 0 aromatic heterocycles. The highest BCUT2D eigenvalue weighted by molar-refractivity contribution is 4.50. The van der Waals surface area contributed by atoms with Gasteiger partial charge >= 0.3 is 0 Å². The highest BCUT2D eigenvalue weighted by Gasteiger charge is 1.87. The van der Waals surface area contributed by atoms with E-state index in [0.29, 0.717) is 6.04 Å². The summed E-state index contributed by atoms with van der Waals surface area (Å²) in [5.74, 6) is 0. The van der Waals surface area contributed by atoms with Crippen molar-refractivity contribution >= 4 is 0 Å². The number of unbranched alkanes of at least 4 members (excludes halogenated alkanes) is 1. The third kappa shape index (κ3) is 15.7. The predicted molar refractivity (Wildman–Crippen MR) is 49.4 cm³/mol. The molecule has 0 aliphatic heterocycles. The van der Waals surface area contributed by atoms with Gasteiger partial charge in [0.05, 0.1) is 0 Å². The molecule has 0 aliphatic rings. The van der Waals surface area contributed by atoms with Crippen LogP contribution >= 0.6 is 0 Å². The van der Waals surface area contributed by atoms with E-state index in [1.54, 1.807) is 0 Å². The molecule has 0 aliphatic carbocycles. The van der Waals surface area contributed by atoms with Crippen LogP contribution in [0.2, 0.25) is 0 Å². The van der Waals surface area contributed by atoms with E-state index in [0.717, 1.165) is 0 Å². The fourth-order valence-corrected chi connectivity index (χ4v) is 0.568. The molecule has 1 nitrogen and oxygen atoms in total. The first-order valence-electron chi connectivity index (χ1n) is 4.50. The van der Waals surface area contributed by atoms with E-state index in [9.17, 15) is 0 Å². The SMILES string of the molecule is CC.CCCCNC(C)C. The van der Waals surface area contributed by atoms with Gasteiger partial charge in [0.15, 0.2) is 0 Å². The summed E-state index contributed by atoms with van der Waals surface area (Å²) in [6.45, 7) is 11.7. The summed E-state index contributed by atoms with van der Waals surface area (Å²) in [5.41, 5.74) is 0. The van der Waals surface area contributed by atoms with Crippen LogP contribution in [0.25, 0.3) is 0 Å². The first-order valence-corrected chi connectivity index (χ1v) is 4.50. The van der Waals surface area contributed by atoms with Gasteiger partial charge in [0.1, 0.15) is 0 Å². The summed E-state index contributed by atoms with van der Waals surface area (Å²) in [6.07, 6.45) is 2.60. The minimum Gasteiger partial charge on any atom is -0.315 e. The van der Waals surface area contributed by atoms with Crippen LogP contribution < -0.4 is 5.32 Å². The van der Waals surface area contributed by atoms with E-state index < -0.39 is 0 Å². The molecule has 0 atom stereocenters. The molecule has 0 rings (SSSR count). The van der Waals surface area contributed by atoms with Gasteiger partial charge in [0, 0.05) is 6.04 Å². The zero-order valence-corrected chi connectivity index (χ0v) is 8.20. The smallest absolute Gasteiger partial charge is 0.00103 e. The fourth-order valence-electron chi connectivity index (χ4n) is 0.568. The van der Waals surface area contributed by atoms with Gasteiger partial charge < -0.3 is 5.32 Å². The van der Waals surface area contributed by atoms with Crippen molar-refractivity contribution in [3.05, 3.63) is 0 Å². The lowest BCUT2D eigenvalue weighted by Gasteiger charge is -2.05. The van der Waals surface area contributed by atoms with Crippen molar-refractivity contribution in [1.29, 1.82) is 0 Å². The van der Waals surface area contributed by atoms with E-state index in [1.807, 2.05) is 13.8 Å². The second kappa shape index (κ2) is 11.7. The molecule has 0 aromatic rings. The van der Waals surface area contributed by atoms with Crippen LogP contribution in [-0.2, 0) is 0 Å². The Morgan fingerprint density at radius 1 is 1.20 bits per heavy atom. The minimum atomic E-state index is 0.654. The molecule has 64 valence electrons. The maximum absolute atomic E-state index is 3.35. The lowest BCUT2D eigenvalue weighted by molar-refractivity contribution is 0.566. The molecule has 0 fully saturated rings. The van der Waals surface area contributed by atoms with Crippen molar-refractivity contribution in [3.63, 3.8) is 0 Å². The maximum Gasteiger partial charge on any atom is 0.00103 e. The Morgan fingerprint density at radius 3 is 2.00 bits per heavy atom. The van der Waals surface area contributed by atoms with Crippen LogP contribution in [-0.4, -0.2) is 12.6 Å². The lowest BCUT2D eigenvalue weighted by Crippen LogP contribution is -2.23. The van der Waals surface area contributed by atoms with Crippen molar-refractivity contribution in [2.75, 3.05) is 6.54 Å². The standard InChI is InChI=1S/C7H17N.C2H6/c1-4-5-6-8-7(2)3;1-2/h7-8H,4-6H2,1-3H3;1-2H3. The Balaban J connectivity index is 0.